The van der Waals surface area contributed by atoms with Gasteiger partial charge in [-0.1, -0.05) is 44.5 Å². The SMILES string of the molecule is Cc1ccc(C(=O)NC(=S)NNC(=O)COc2ccc(C(C)(C)C)cc2Br)cc1. The lowest BCUT2D eigenvalue weighted by atomic mass is 9.87. The second kappa shape index (κ2) is 9.84. The number of hydrazine groups is 1. The Morgan fingerprint density at radius 2 is 1.72 bits per heavy atom. The van der Waals surface area contributed by atoms with Gasteiger partial charge >= 0.3 is 0 Å². The molecule has 0 aliphatic carbocycles. The highest BCUT2D eigenvalue weighted by atomic mass is 79.9. The molecular formula is C21H24BrN3O3S. The van der Waals surface area contributed by atoms with Crippen LogP contribution in [0.25, 0.3) is 0 Å². The molecule has 0 atom stereocenters. The Morgan fingerprint density at radius 1 is 1.07 bits per heavy atom. The van der Waals surface area contributed by atoms with Gasteiger partial charge in [-0.2, -0.15) is 0 Å². The molecule has 0 unspecified atom stereocenters. The predicted molar refractivity (Wildman–Crippen MR) is 121 cm³/mol. The van der Waals surface area contributed by atoms with E-state index in [-0.39, 0.29) is 23.0 Å². The van der Waals surface area contributed by atoms with Crippen molar-refractivity contribution in [2.75, 3.05) is 6.61 Å². The van der Waals surface area contributed by atoms with Crippen LogP contribution in [0.1, 0.15) is 42.3 Å². The fraction of sp³-hybridized carbons (Fsp3) is 0.286. The molecule has 0 aromatic heterocycles. The van der Waals surface area contributed by atoms with Crippen LogP contribution >= 0.6 is 28.1 Å². The zero-order valence-electron chi connectivity index (χ0n) is 16.8. The number of rotatable bonds is 4. The number of halogens is 1. The molecule has 3 N–H and O–H groups in total. The van der Waals surface area contributed by atoms with E-state index >= 15 is 0 Å². The highest BCUT2D eigenvalue weighted by molar-refractivity contribution is 9.10. The number of nitrogens with one attached hydrogen (secondary N) is 3. The highest BCUT2D eigenvalue weighted by Crippen LogP contribution is 2.31. The van der Waals surface area contributed by atoms with Gasteiger partial charge in [-0.25, -0.2) is 0 Å². The van der Waals surface area contributed by atoms with Crippen molar-refractivity contribution < 1.29 is 14.3 Å². The highest BCUT2D eigenvalue weighted by Gasteiger charge is 2.16. The van der Waals surface area contributed by atoms with Crippen molar-refractivity contribution in [3.8, 4) is 5.75 Å². The van der Waals surface area contributed by atoms with Gasteiger partial charge < -0.3 is 4.74 Å². The summed E-state index contributed by atoms with van der Waals surface area (Å²) in [5, 5.41) is 2.48. The fourth-order valence-corrected chi connectivity index (χ4v) is 2.94. The lowest BCUT2D eigenvalue weighted by Crippen LogP contribution is -2.49. The maximum Gasteiger partial charge on any atom is 0.276 e. The van der Waals surface area contributed by atoms with Crippen molar-refractivity contribution in [1.29, 1.82) is 0 Å². The van der Waals surface area contributed by atoms with Crippen LogP contribution in [0.3, 0.4) is 0 Å². The average Bonchev–Trinajstić information content (AvgIpc) is 2.65. The van der Waals surface area contributed by atoms with Gasteiger partial charge in [-0.15, -0.1) is 0 Å². The number of amides is 2. The van der Waals surface area contributed by atoms with E-state index in [2.05, 4.69) is 52.9 Å². The number of carbonyl (C=O) groups is 2. The first-order valence-corrected chi connectivity index (χ1v) is 10.2. The summed E-state index contributed by atoms with van der Waals surface area (Å²) < 4.78 is 6.30. The van der Waals surface area contributed by atoms with Crippen molar-refractivity contribution in [2.45, 2.75) is 33.1 Å². The van der Waals surface area contributed by atoms with Gasteiger partial charge in [0, 0.05) is 5.56 Å². The van der Waals surface area contributed by atoms with E-state index in [0.717, 1.165) is 15.6 Å². The summed E-state index contributed by atoms with van der Waals surface area (Å²) >= 11 is 8.48. The first kappa shape index (κ1) is 22.8. The molecular weight excluding hydrogens is 454 g/mol. The molecule has 2 aromatic carbocycles. The molecule has 8 heteroatoms. The summed E-state index contributed by atoms with van der Waals surface area (Å²) in [7, 11) is 0. The Hall–Kier alpha value is -2.45. The van der Waals surface area contributed by atoms with Crippen LogP contribution in [0, 0.1) is 6.92 Å². The zero-order valence-corrected chi connectivity index (χ0v) is 19.2. The van der Waals surface area contributed by atoms with Crippen LogP contribution in [-0.4, -0.2) is 23.5 Å². The molecule has 0 saturated carbocycles. The maximum absolute atomic E-state index is 12.1. The monoisotopic (exact) mass is 477 g/mol. The number of hydrogen-bond donors (Lipinski definition) is 3. The van der Waals surface area contributed by atoms with Crippen molar-refractivity contribution in [2.24, 2.45) is 0 Å². The fourth-order valence-electron chi connectivity index (χ4n) is 2.30. The maximum atomic E-state index is 12.1. The molecule has 2 amide bonds. The summed E-state index contributed by atoms with van der Waals surface area (Å²) in [6.45, 7) is 8.08. The van der Waals surface area contributed by atoms with E-state index in [9.17, 15) is 9.59 Å². The quantitative estimate of drug-likeness (QED) is 0.461. The van der Waals surface area contributed by atoms with Gasteiger partial charge in [0.25, 0.3) is 11.8 Å². The second-order valence-corrected chi connectivity index (χ2v) is 8.77. The molecule has 0 aliphatic heterocycles. The Kier molecular flexibility index (Phi) is 7.75. The van der Waals surface area contributed by atoms with Crippen LogP contribution < -0.4 is 20.9 Å². The minimum absolute atomic E-state index is 0.0142. The van der Waals surface area contributed by atoms with E-state index in [1.165, 1.54) is 0 Å². The van der Waals surface area contributed by atoms with E-state index in [0.29, 0.717) is 11.3 Å². The summed E-state index contributed by atoms with van der Waals surface area (Å²) in [6.07, 6.45) is 0. The molecule has 0 spiro atoms. The molecule has 2 rings (SSSR count). The minimum atomic E-state index is -0.441. The lowest BCUT2D eigenvalue weighted by molar-refractivity contribution is -0.123. The molecule has 29 heavy (non-hydrogen) atoms. The molecule has 0 radical (unpaired) electrons. The third-order valence-corrected chi connectivity index (χ3v) is 4.84. The van der Waals surface area contributed by atoms with Gasteiger partial charge in [0.05, 0.1) is 4.47 Å². The van der Waals surface area contributed by atoms with Gasteiger partial charge in [-0.3, -0.25) is 25.8 Å². The number of benzene rings is 2. The summed E-state index contributed by atoms with van der Waals surface area (Å²) in [5.74, 6) is -0.247. The Balaban J connectivity index is 1.79. The average molecular weight is 478 g/mol. The van der Waals surface area contributed by atoms with Crippen LogP contribution in [0.5, 0.6) is 5.75 Å². The Bertz CT molecular complexity index is 908. The van der Waals surface area contributed by atoms with Crippen molar-refractivity contribution >= 4 is 45.1 Å². The van der Waals surface area contributed by atoms with E-state index < -0.39 is 5.91 Å². The number of thiocarbonyl (C=S) groups is 1. The molecule has 0 bridgehead atoms. The first-order chi connectivity index (χ1) is 13.6. The Morgan fingerprint density at radius 3 is 2.31 bits per heavy atom. The lowest BCUT2D eigenvalue weighted by Gasteiger charge is -2.20. The second-order valence-electron chi connectivity index (χ2n) is 7.51. The molecule has 0 aliphatic rings. The number of aryl methyl sites for hydroxylation is 1. The smallest absolute Gasteiger partial charge is 0.276 e. The minimum Gasteiger partial charge on any atom is -0.483 e. The summed E-state index contributed by atoms with van der Waals surface area (Å²) in [4.78, 5) is 24.0. The summed E-state index contributed by atoms with van der Waals surface area (Å²) in [6, 6.07) is 12.8. The predicted octanol–water partition coefficient (Wildman–Crippen LogP) is 3.77. The number of ether oxygens (including phenoxy) is 1. The van der Waals surface area contributed by atoms with Crippen molar-refractivity contribution in [3.63, 3.8) is 0 Å². The Labute approximate surface area is 184 Å². The summed E-state index contributed by atoms with van der Waals surface area (Å²) in [5.41, 5.74) is 7.56. The molecule has 0 heterocycles. The molecule has 6 nitrogen and oxygen atoms in total. The van der Waals surface area contributed by atoms with Crippen molar-refractivity contribution in [3.05, 3.63) is 63.6 Å². The van der Waals surface area contributed by atoms with Crippen LogP contribution in [0.15, 0.2) is 46.9 Å². The third kappa shape index (κ3) is 7.14. The largest absolute Gasteiger partial charge is 0.483 e. The zero-order chi connectivity index (χ0) is 21.6. The van der Waals surface area contributed by atoms with Crippen LogP contribution in [0.4, 0.5) is 0 Å². The molecule has 154 valence electrons. The molecule has 2 aromatic rings. The van der Waals surface area contributed by atoms with Gasteiger partial charge in [0.2, 0.25) is 0 Å². The topological polar surface area (TPSA) is 79.5 Å². The third-order valence-electron chi connectivity index (χ3n) is 4.01. The van der Waals surface area contributed by atoms with Gasteiger partial charge in [0.15, 0.2) is 11.7 Å². The van der Waals surface area contributed by atoms with Crippen LogP contribution in [-0.2, 0) is 10.2 Å². The normalized spacial score (nSPS) is 10.8. The standard InChI is InChI=1S/C21H24BrN3O3S/c1-13-5-7-14(8-6-13)19(27)23-20(29)25-24-18(26)12-28-17-10-9-15(11-16(17)22)21(2,3)4/h5-11H,12H2,1-4H3,(H,24,26)(H2,23,25,27,29). The van der Waals surface area contributed by atoms with E-state index in [1.807, 2.05) is 37.3 Å². The first-order valence-electron chi connectivity index (χ1n) is 8.96. The molecule has 0 fully saturated rings. The number of hydrogen-bond acceptors (Lipinski definition) is 4. The van der Waals surface area contributed by atoms with E-state index in [4.69, 9.17) is 17.0 Å². The van der Waals surface area contributed by atoms with Gasteiger partial charge in [0.1, 0.15) is 5.75 Å². The van der Waals surface area contributed by atoms with E-state index in [1.54, 1.807) is 12.1 Å². The number of carbonyl (C=O) groups excluding carboxylic acids is 2. The van der Waals surface area contributed by atoms with Crippen LogP contribution in [0.2, 0.25) is 0 Å². The van der Waals surface area contributed by atoms with Gasteiger partial charge in [-0.05, 0) is 70.3 Å². The molecule has 0 saturated heterocycles. The van der Waals surface area contributed by atoms with Crippen molar-refractivity contribution in [1.82, 2.24) is 16.2 Å².